The van der Waals surface area contributed by atoms with Crippen LogP contribution < -0.4 is 24.7 Å². The topological polar surface area (TPSA) is 117 Å². The van der Waals surface area contributed by atoms with E-state index >= 15 is 0 Å². The van der Waals surface area contributed by atoms with Gasteiger partial charge in [-0.3, -0.25) is 0 Å². The summed E-state index contributed by atoms with van der Waals surface area (Å²) in [6.07, 6.45) is 0. The van der Waals surface area contributed by atoms with E-state index in [9.17, 15) is 10.1 Å². The summed E-state index contributed by atoms with van der Waals surface area (Å²) in [6.45, 7) is 4.28. The van der Waals surface area contributed by atoms with Crippen LogP contribution in [0.4, 0.5) is 0 Å². The maximum Gasteiger partial charge on any atom is 0.379 e. The van der Waals surface area contributed by atoms with Crippen LogP contribution >= 0.6 is 23.2 Å². The average Bonchev–Trinajstić information content (AvgIpc) is 3.36. The largest absolute Gasteiger partial charge is 0.490 e. The Hall–Kier alpha value is -5.10. The fourth-order valence-corrected chi connectivity index (χ4v) is 5.61. The molecule has 5 aromatic rings. The van der Waals surface area contributed by atoms with E-state index in [1.165, 1.54) is 0 Å². The van der Waals surface area contributed by atoms with E-state index in [1.54, 1.807) is 55.5 Å². The second kappa shape index (κ2) is 12.5. The van der Waals surface area contributed by atoms with Crippen molar-refractivity contribution in [1.29, 1.82) is 5.26 Å². The van der Waals surface area contributed by atoms with E-state index in [0.717, 1.165) is 16.5 Å². The molecule has 1 unspecified atom stereocenters. The molecule has 8 nitrogen and oxygen atoms in total. The molecular formula is C35H26Cl2N2O6. The molecule has 0 fully saturated rings. The monoisotopic (exact) mass is 640 g/mol. The van der Waals surface area contributed by atoms with Crippen LogP contribution in [0.15, 0.2) is 94.7 Å². The molecular weight excluding hydrogens is 615 g/mol. The van der Waals surface area contributed by atoms with E-state index in [0.29, 0.717) is 50.6 Å². The smallest absolute Gasteiger partial charge is 0.379 e. The van der Waals surface area contributed by atoms with Gasteiger partial charge in [0.25, 0.3) is 0 Å². The lowest BCUT2D eigenvalue weighted by Crippen LogP contribution is -2.21. The van der Waals surface area contributed by atoms with Gasteiger partial charge in [0.15, 0.2) is 11.5 Å². The van der Waals surface area contributed by atoms with Crippen molar-refractivity contribution in [2.24, 2.45) is 5.73 Å². The number of ether oxygens (including phenoxy) is 4. The van der Waals surface area contributed by atoms with Crippen molar-refractivity contribution < 1.29 is 28.2 Å². The van der Waals surface area contributed by atoms with Gasteiger partial charge < -0.3 is 29.1 Å². The fourth-order valence-electron chi connectivity index (χ4n) is 5.25. The average molecular weight is 642 g/mol. The van der Waals surface area contributed by atoms with Crippen molar-refractivity contribution in [1.82, 2.24) is 0 Å². The number of benzene rings is 4. The van der Waals surface area contributed by atoms with E-state index in [-0.39, 0.29) is 29.6 Å². The molecule has 2 heterocycles. The number of carbonyl (C=O) groups excluding carboxylic acids is 1. The second-order valence-electron chi connectivity index (χ2n) is 10.2. The molecule has 10 heteroatoms. The number of esters is 1. The van der Waals surface area contributed by atoms with Gasteiger partial charge in [0.05, 0.1) is 12.5 Å². The van der Waals surface area contributed by atoms with Crippen molar-refractivity contribution in [3.63, 3.8) is 0 Å². The predicted octanol–water partition coefficient (Wildman–Crippen LogP) is 8.46. The van der Waals surface area contributed by atoms with Crippen LogP contribution in [0.3, 0.4) is 0 Å². The number of aryl methyl sites for hydroxylation is 1. The van der Waals surface area contributed by atoms with Gasteiger partial charge in [-0.15, -0.1) is 0 Å². The molecule has 226 valence electrons. The standard InChI is InChI=1S/C35H26Cl2N2O6/c1-3-41-31-14-20(8-12-29(31)42-18-21-6-4-5-7-27(21)37)32-24-11-10-23(16-30(24)45-34(39)26(32)17-38)43-35(40)33-19(2)25-15-22(36)9-13-28(25)44-33/h4-16,32H,3,18,39H2,1-2H3. The molecule has 4 aromatic carbocycles. The molecule has 0 saturated carbocycles. The van der Waals surface area contributed by atoms with Crippen LogP contribution in [0, 0.1) is 18.3 Å². The summed E-state index contributed by atoms with van der Waals surface area (Å²) in [5.41, 5.74) is 9.82. The van der Waals surface area contributed by atoms with Crippen LogP contribution in [-0.2, 0) is 6.61 Å². The first-order chi connectivity index (χ1) is 21.8. The highest BCUT2D eigenvalue weighted by Crippen LogP contribution is 2.45. The summed E-state index contributed by atoms with van der Waals surface area (Å²) < 4.78 is 29.2. The van der Waals surface area contributed by atoms with Crippen LogP contribution in [-0.4, -0.2) is 12.6 Å². The summed E-state index contributed by atoms with van der Waals surface area (Å²) in [4.78, 5) is 13.1. The Balaban J connectivity index is 1.30. The quantitative estimate of drug-likeness (QED) is 0.133. The number of halogens is 2. The number of nitriles is 1. The van der Waals surface area contributed by atoms with Gasteiger partial charge >= 0.3 is 5.97 Å². The molecule has 1 atom stereocenters. The summed E-state index contributed by atoms with van der Waals surface area (Å²) in [5, 5.41) is 11.9. The first-order valence-corrected chi connectivity index (χ1v) is 14.8. The first-order valence-electron chi connectivity index (χ1n) is 14.0. The van der Waals surface area contributed by atoms with E-state index in [1.807, 2.05) is 37.3 Å². The summed E-state index contributed by atoms with van der Waals surface area (Å²) in [5.74, 6) is 0.321. The normalized spacial score (nSPS) is 14.0. The number of furan rings is 1. The minimum atomic E-state index is -0.679. The van der Waals surface area contributed by atoms with Crippen molar-refractivity contribution >= 4 is 40.1 Å². The molecule has 0 bridgehead atoms. The molecule has 1 aliphatic heterocycles. The van der Waals surface area contributed by atoms with E-state index in [4.69, 9.17) is 52.3 Å². The molecule has 0 amide bonds. The third kappa shape index (κ3) is 5.88. The van der Waals surface area contributed by atoms with E-state index < -0.39 is 11.9 Å². The highest BCUT2D eigenvalue weighted by Gasteiger charge is 2.32. The summed E-state index contributed by atoms with van der Waals surface area (Å²) >= 11 is 12.4. The SMILES string of the molecule is CCOc1cc(C2C(C#N)=C(N)Oc3cc(OC(=O)c4oc5ccc(Cl)cc5c4C)ccc32)ccc1OCc1ccccc1Cl. The van der Waals surface area contributed by atoms with Crippen LogP contribution in [0.2, 0.25) is 10.0 Å². The summed E-state index contributed by atoms with van der Waals surface area (Å²) in [6, 6.07) is 25.1. The lowest BCUT2D eigenvalue weighted by Gasteiger charge is -2.27. The van der Waals surface area contributed by atoms with Gasteiger partial charge in [0.1, 0.15) is 35.3 Å². The van der Waals surface area contributed by atoms with Crippen LogP contribution in [0.25, 0.3) is 11.0 Å². The Labute approximate surface area is 269 Å². The van der Waals surface area contributed by atoms with Crippen LogP contribution in [0.1, 0.15) is 45.7 Å². The highest BCUT2D eigenvalue weighted by molar-refractivity contribution is 6.31. The molecule has 2 N–H and O–H groups in total. The van der Waals surface area contributed by atoms with Crippen molar-refractivity contribution in [3.05, 3.63) is 128 Å². The van der Waals surface area contributed by atoms with E-state index in [2.05, 4.69) is 6.07 Å². The Kier molecular flexibility index (Phi) is 8.31. The Morgan fingerprint density at radius 3 is 2.60 bits per heavy atom. The number of carbonyl (C=O) groups is 1. The van der Waals surface area contributed by atoms with Gasteiger partial charge in [-0.05, 0) is 61.9 Å². The number of hydrogen-bond donors (Lipinski definition) is 1. The van der Waals surface area contributed by atoms with Gasteiger partial charge in [0, 0.05) is 38.2 Å². The number of nitrogens with two attached hydrogens (primary N) is 1. The Bertz CT molecular complexity index is 2030. The van der Waals surface area contributed by atoms with Crippen molar-refractivity contribution in [2.45, 2.75) is 26.4 Å². The highest BCUT2D eigenvalue weighted by atomic mass is 35.5. The van der Waals surface area contributed by atoms with Gasteiger partial charge in [-0.1, -0.05) is 53.5 Å². The Morgan fingerprint density at radius 1 is 1.00 bits per heavy atom. The second-order valence-corrected chi connectivity index (χ2v) is 11.1. The molecule has 6 rings (SSSR count). The number of rotatable bonds is 8. The molecule has 45 heavy (non-hydrogen) atoms. The van der Waals surface area contributed by atoms with Crippen molar-refractivity contribution in [2.75, 3.05) is 6.61 Å². The van der Waals surface area contributed by atoms with Crippen LogP contribution in [0.5, 0.6) is 23.0 Å². The lowest BCUT2D eigenvalue weighted by atomic mass is 9.83. The predicted molar refractivity (Wildman–Crippen MR) is 170 cm³/mol. The third-order valence-corrected chi connectivity index (χ3v) is 8.03. The summed E-state index contributed by atoms with van der Waals surface area (Å²) in [7, 11) is 0. The van der Waals surface area contributed by atoms with Gasteiger partial charge in [0.2, 0.25) is 11.6 Å². The minimum Gasteiger partial charge on any atom is -0.490 e. The third-order valence-electron chi connectivity index (χ3n) is 7.43. The number of allylic oxidation sites excluding steroid dienone is 1. The zero-order valence-corrected chi connectivity index (χ0v) is 25.7. The molecule has 1 aromatic heterocycles. The zero-order chi connectivity index (χ0) is 31.7. The van der Waals surface area contributed by atoms with Gasteiger partial charge in [-0.2, -0.15) is 5.26 Å². The lowest BCUT2D eigenvalue weighted by molar-refractivity contribution is 0.0702. The number of nitrogens with zero attached hydrogens (tertiary/aromatic N) is 1. The maximum absolute atomic E-state index is 13.1. The molecule has 0 radical (unpaired) electrons. The minimum absolute atomic E-state index is 0.0551. The molecule has 0 saturated heterocycles. The van der Waals surface area contributed by atoms with Crippen molar-refractivity contribution in [3.8, 4) is 29.1 Å². The maximum atomic E-state index is 13.1. The molecule has 0 spiro atoms. The fraction of sp³-hybridized carbons (Fsp3) is 0.143. The molecule has 0 aliphatic carbocycles. The number of fused-ring (bicyclic) bond motifs is 2. The Morgan fingerprint density at radius 2 is 1.82 bits per heavy atom. The first kappa shape index (κ1) is 29.9. The zero-order valence-electron chi connectivity index (χ0n) is 24.2. The molecule has 1 aliphatic rings. The van der Waals surface area contributed by atoms with Gasteiger partial charge in [-0.25, -0.2) is 4.79 Å². The number of hydrogen-bond acceptors (Lipinski definition) is 8.